The zero-order valence-corrected chi connectivity index (χ0v) is 12.0. The van der Waals surface area contributed by atoms with E-state index < -0.39 is 0 Å². The van der Waals surface area contributed by atoms with E-state index >= 15 is 0 Å². The summed E-state index contributed by atoms with van der Waals surface area (Å²) in [7, 11) is 0. The molecule has 0 aromatic heterocycles. The molecule has 4 atom stereocenters. The second-order valence-corrected chi connectivity index (χ2v) is 6.54. The molecular formula is C17H26N2. The van der Waals surface area contributed by atoms with E-state index in [9.17, 15) is 0 Å². The summed E-state index contributed by atoms with van der Waals surface area (Å²) in [5, 5.41) is 0. The van der Waals surface area contributed by atoms with Gasteiger partial charge in [-0.15, -0.1) is 0 Å². The van der Waals surface area contributed by atoms with Crippen LogP contribution in [0.25, 0.3) is 0 Å². The minimum absolute atomic E-state index is 0.380. The number of benzene rings is 1. The fourth-order valence-corrected chi connectivity index (χ4v) is 3.89. The summed E-state index contributed by atoms with van der Waals surface area (Å²) < 4.78 is 0. The molecule has 1 aromatic rings. The zero-order valence-electron chi connectivity index (χ0n) is 12.0. The SMILES string of the molecule is CC1CCN(C2CC(c3ccccc3)CCC2N)C1. The van der Waals surface area contributed by atoms with Crippen LogP contribution in [0.1, 0.15) is 44.1 Å². The molecule has 2 fully saturated rings. The second-order valence-electron chi connectivity index (χ2n) is 6.54. The van der Waals surface area contributed by atoms with E-state index in [0.717, 1.165) is 5.92 Å². The lowest BCUT2D eigenvalue weighted by molar-refractivity contribution is 0.152. The molecule has 2 heteroatoms. The third-order valence-corrected chi connectivity index (χ3v) is 5.06. The van der Waals surface area contributed by atoms with E-state index in [1.807, 2.05) is 0 Å². The van der Waals surface area contributed by atoms with Crippen LogP contribution in [-0.2, 0) is 0 Å². The molecule has 0 spiro atoms. The highest BCUT2D eigenvalue weighted by atomic mass is 15.2. The highest BCUT2D eigenvalue weighted by Crippen LogP contribution is 2.36. The third kappa shape index (κ3) is 2.85. The van der Waals surface area contributed by atoms with Crippen LogP contribution in [0.2, 0.25) is 0 Å². The molecule has 1 aromatic carbocycles. The fourth-order valence-electron chi connectivity index (χ4n) is 3.89. The van der Waals surface area contributed by atoms with Crippen molar-refractivity contribution in [1.29, 1.82) is 0 Å². The van der Waals surface area contributed by atoms with Gasteiger partial charge in [-0.2, -0.15) is 0 Å². The fraction of sp³-hybridized carbons (Fsp3) is 0.647. The van der Waals surface area contributed by atoms with Crippen molar-refractivity contribution in [2.45, 2.75) is 50.6 Å². The van der Waals surface area contributed by atoms with Gasteiger partial charge in [0.2, 0.25) is 0 Å². The average molecular weight is 258 g/mol. The maximum absolute atomic E-state index is 6.40. The molecule has 1 heterocycles. The van der Waals surface area contributed by atoms with Crippen LogP contribution in [0.5, 0.6) is 0 Å². The summed E-state index contributed by atoms with van der Waals surface area (Å²) in [4.78, 5) is 2.66. The minimum Gasteiger partial charge on any atom is -0.326 e. The Morgan fingerprint density at radius 1 is 1.11 bits per heavy atom. The van der Waals surface area contributed by atoms with Gasteiger partial charge in [0.05, 0.1) is 0 Å². The Balaban J connectivity index is 1.70. The number of rotatable bonds is 2. The molecule has 2 N–H and O–H groups in total. The molecule has 1 aliphatic carbocycles. The molecular weight excluding hydrogens is 232 g/mol. The van der Waals surface area contributed by atoms with Gasteiger partial charge in [-0.25, -0.2) is 0 Å². The Kier molecular flexibility index (Phi) is 3.90. The maximum Gasteiger partial charge on any atom is 0.0253 e. The monoisotopic (exact) mass is 258 g/mol. The standard InChI is InChI=1S/C17H26N2/c1-13-9-10-19(12-13)17-11-15(7-8-16(17)18)14-5-3-2-4-6-14/h2-6,13,15-17H,7-12,18H2,1H3. The lowest BCUT2D eigenvalue weighted by Gasteiger charge is -2.40. The van der Waals surface area contributed by atoms with E-state index in [1.165, 1.54) is 44.3 Å². The smallest absolute Gasteiger partial charge is 0.0253 e. The summed E-state index contributed by atoms with van der Waals surface area (Å²) >= 11 is 0. The van der Waals surface area contributed by atoms with E-state index in [0.29, 0.717) is 18.0 Å². The Morgan fingerprint density at radius 3 is 2.58 bits per heavy atom. The second kappa shape index (κ2) is 5.64. The van der Waals surface area contributed by atoms with Crippen molar-refractivity contribution in [3.8, 4) is 0 Å². The van der Waals surface area contributed by atoms with E-state index in [4.69, 9.17) is 5.73 Å². The van der Waals surface area contributed by atoms with Crippen molar-refractivity contribution in [2.24, 2.45) is 11.7 Å². The van der Waals surface area contributed by atoms with Crippen LogP contribution in [0, 0.1) is 5.92 Å². The van der Waals surface area contributed by atoms with Gasteiger partial charge in [-0.1, -0.05) is 37.3 Å². The molecule has 2 aliphatic rings. The molecule has 3 rings (SSSR count). The molecule has 19 heavy (non-hydrogen) atoms. The molecule has 2 nitrogen and oxygen atoms in total. The first-order chi connectivity index (χ1) is 9.24. The molecule has 1 saturated carbocycles. The van der Waals surface area contributed by atoms with Crippen LogP contribution in [0.15, 0.2) is 30.3 Å². The van der Waals surface area contributed by atoms with E-state index in [1.54, 1.807) is 0 Å². The van der Waals surface area contributed by atoms with Crippen molar-refractivity contribution in [3.63, 3.8) is 0 Å². The molecule has 104 valence electrons. The summed E-state index contributed by atoms with van der Waals surface area (Å²) in [6.45, 7) is 4.87. The van der Waals surface area contributed by atoms with Crippen LogP contribution in [0.4, 0.5) is 0 Å². The molecule has 0 amide bonds. The van der Waals surface area contributed by atoms with Crippen molar-refractivity contribution < 1.29 is 0 Å². The zero-order chi connectivity index (χ0) is 13.2. The lowest BCUT2D eigenvalue weighted by atomic mass is 9.78. The first kappa shape index (κ1) is 13.1. The quantitative estimate of drug-likeness (QED) is 0.883. The summed E-state index contributed by atoms with van der Waals surface area (Å²) in [5.41, 5.74) is 7.91. The van der Waals surface area contributed by atoms with Gasteiger partial charge in [0, 0.05) is 18.6 Å². The van der Waals surface area contributed by atoms with Crippen LogP contribution >= 0.6 is 0 Å². The van der Waals surface area contributed by atoms with Crippen molar-refractivity contribution >= 4 is 0 Å². The molecule has 1 aliphatic heterocycles. The number of nitrogens with zero attached hydrogens (tertiary/aromatic N) is 1. The predicted octanol–water partition coefficient (Wildman–Crippen LogP) is 2.99. The number of hydrogen-bond acceptors (Lipinski definition) is 2. The molecule has 0 radical (unpaired) electrons. The van der Waals surface area contributed by atoms with Gasteiger partial charge in [0.25, 0.3) is 0 Å². The first-order valence-corrected chi connectivity index (χ1v) is 7.78. The average Bonchev–Trinajstić information content (AvgIpc) is 2.87. The normalized spacial score (nSPS) is 36.5. The van der Waals surface area contributed by atoms with E-state index in [2.05, 4.69) is 42.2 Å². The highest BCUT2D eigenvalue weighted by molar-refractivity contribution is 5.21. The predicted molar refractivity (Wildman–Crippen MR) is 80.2 cm³/mol. The van der Waals surface area contributed by atoms with Crippen molar-refractivity contribution in [2.75, 3.05) is 13.1 Å². The van der Waals surface area contributed by atoms with Crippen molar-refractivity contribution in [1.82, 2.24) is 4.90 Å². The van der Waals surface area contributed by atoms with E-state index in [-0.39, 0.29) is 0 Å². The van der Waals surface area contributed by atoms with Gasteiger partial charge in [0.1, 0.15) is 0 Å². The van der Waals surface area contributed by atoms with Gasteiger partial charge in [-0.05, 0) is 49.6 Å². The summed E-state index contributed by atoms with van der Waals surface area (Å²) in [6, 6.07) is 12.0. The summed E-state index contributed by atoms with van der Waals surface area (Å²) in [5.74, 6) is 1.56. The topological polar surface area (TPSA) is 29.3 Å². The Labute approximate surface area is 117 Å². The Hall–Kier alpha value is -0.860. The molecule has 0 bridgehead atoms. The third-order valence-electron chi connectivity index (χ3n) is 5.06. The van der Waals surface area contributed by atoms with Crippen LogP contribution in [-0.4, -0.2) is 30.1 Å². The number of likely N-dealkylation sites (tertiary alicyclic amines) is 1. The lowest BCUT2D eigenvalue weighted by Crippen LogP contribution is -2.50. The van der Waals surface area contributed by atoms with Gasteiger partial charge in [0.15, 0.2) is 0 Å². The first-order valence-electron chi connectivity index (χ1n) is 7.78. The van der Waals surface area contributed by atoms with Crippen molar-refractivity contribution in [3.05, 3.63) is 35.9 Å². The van der Waals surface area contributed by atoms with Gasteiger partial charge < -0.3 is 5.73 Å². The minimum atomic E-state index is 0.380. The number of nitrogens with two attached hydrogens (primary N) is 1. The number of hydrogen-bond donors (Lipinski definition) is 1. The highest BCUT2D eigenvalue weighted by Gasteiger charge is 2.35. The molecule has 1 saturated heterocycles. The molecule has 4 unspecified atom stereocenters. The largest absolute Gasteiger partial charge is 0.326 e. The van der Waals surface area contributed by atoms with Crippen LogP contribution < -0.4 is 5.73 Å². The Morgan fingerprint density at radius 2 is 1.89 bits per heavy atom. The van der Waals surface area contributed by atoms with Crippen LogP contribution in [0.3, 0.4) is 0 Å². The van der Waals surface area contributed by atoms with Gasteiger partial charge in [-0.3, -0.25) is 4.90 Å². The van der Waals surface area contributed by atoms with Gasteiger partial charge >= 0.3 is 0 Å². The Bertz CT molecular complexity index is 403. The summed E-state index contributed by atoms with van der Waals surface area (Å²) in [6.07, 6.45) is 5.03. The maximum atomic E-state index is 6.40.